The molecule has 5 nitrogen and oxygen atoms in total. The van der Waals surface area contributed by atoms with Gasteiger partial charge in [-0.15, -0.1) is 0 Å². The molecule has 2 N–H and O–H groups in total. The van der Waals surface area contributed by atoms with Crippen LogP contribution in [0.25, 0.3) is 10.4 Å². The van der Waals surface area contributed by atoms with Gasteiger partial charge in [0, 0.05) is 6.92 Å². The minimum absolute atomic E-state index is 0.00597. The van der Waals surface area contributed by atoms with Gasteiger partial charge in [-0.2, -0.15) is 0 Å². The van der Waals surface area contributed by atoms with E-state index in [1.165, 1.54) is 18.3 Å². The lowest BCUT2D eigenvalue weighted by atomic mass is 10.0. The number of anilines is 1. The summed E-state index contributed by atoms with van der Waals surface area (Å²) in [6.45, 7) is 7.11. The van der Waals surface area contributed by atoms with Gasteiger partial charge >= 0.3 is 0 Å². The van der Waals surface area contributed by atoms with Gasteiger partial charge in [-0.1, -0.05) is 55.5 Å². The van der Waals surface area contributed by atoms with Crippen molar-refractivity contribution in [1.29, 1.82) is 0 Å². The Morgan fingerprint density at radius 3 is 2.39 bits per heavy atom. The first-order valence-electron chi connectivity index (χ1n) is 7.49. The van der Waals surface area contributed by atoms with Crippen molar-refractivity contribution in [3.63, 3.8) is 0 Å². The lowest BCUT2D eigenvalue weighted by Crippen LogP contribution is -2.46. The normalized spacial score (nSPS) is 12.0. The summed E-state index contributed by atoms with van der Waals surface area (Å²) in [4.78, 5) is 29.1. The van der Waals surface area contributed by atoms with Crippen LogP contribution in [0.2, 0.25) is 0 Å². The summed E-state index contributed by atoms with van der Waals surface area (Å²) >= 11 is 1.43. The summed E-state index contributed by atoms with van der Waals surface area (Å²) in [5, 5.41) is 6.04. The summed E-state index contributed by atoms with van der Waals surface area (Å²) in [5.74, 6) is -0.476. The van der Waals surface area contributed by atoms with E-state index in [2.05, 4.69) is 15.6 Å². The number of nitrogens with zero attached hydrogens (tertiary/aromatic N) is 1. The number of rotatable bonds is 5. The average Bonchev–Trinajstić information content (AvgIpc) is 2.85. The van der Waals surface area contributed by atoms with Gasteiger partial charge in [-0.3, -0.25) is 9.59 Å². The number of nitrogens with one attached hydrogen (secondary N) is 2. The molecule has 0 bridgehead atoms. The van der Waals surface area contributed by atoms with E-state index >= 15 is 0 Å². The third-order valence-corrected chi connectivity index (χ3v) is 4.49. The molecular formula is C17H21N3O2S. The molecule has 0 aliphatic rings. The van der Waals surface area contributed by atoms with Crippen molar-refractivity contribution in [3.8, 4) is 10.4 Å². The summed E-state index contributed by atoms with van der Waals surface area (Å²) in [6.07, 6.45) is 0. The first-order chi connectivity index (χ1) is 10.9. The lowest BCUT2D eigenvalue weighted by Gasteiger charge is -2.20. The topological polar surface area (TPSA) is 71.1 Å². The highest BCUT2D eigenvalue weighted by molar-refractivity contribution is 7.19. The van der Waals surface area contributed by atoms with E-state index < -0.39 is 6.04 Å². The van der Waals surface area contributed by atoms with Gasteiger partial charge in [-0.25, -0.2) is 4.98 Å². The van der Waals surface area contributed by atoms with Gasteiger partial charge in [0.05, 0.1) is 10.6 Å². The summed E-state index contributed by atoms with van der Waals surface area (Å²) in [7, 11) is 0. The highest BCUT2D eigenvalue weighted by atomic mass is 32.1. The third kappa shape index (κ3) is 4.39. The van der Waals surface area contributed by atoms with E-state index in [9.17, 15) is 9.59 Å². The fourth-order valence-electron chi connectivity index (χ4n) is 2.24. The first-order valence-corrected chi connectivity index (χ1v) is 8.31. The van der Waals surface area contributed by atoms with E-state index in [0.29, 0.717) is 5.13 Å². The maximum absolute atomic E-state index is 12.4. The van der Waals surface area contributed by atoms with Crippen molar-refractivity contribution in [2.24, 2.45) is 5.92 Å². The van der Waals surface area contributed by atoms with E-state index in [0.717, 1.165) is 16.1 Å². The Morgan fingerprint density at radius 1 is 1.17 bits per heavy atom. The predicted molar refractivity (Wildman–Crippen MR) is 93.4 cm³/mol. The molecule has 1 aromatic heterocycles. The van der Waals surface area contributed by atoms with E-state index in [4.69, 9.17) is 0 Å². The molecule has 0 aliphatic heterocycles. The van der Waals surface area contributed by atoms with Gasteiger partial charge < -0.3 is 10.6 Å². The number of thiazole rings is 1. The van der Waals surface area contributed by atoms with Crippen LogP contribution in [0.4, 0.5) is 5.13 Å². The van der Waals surface area contributed by atoms with Gasteiger partial charge in [0.15, 0.2) is 5.13 Å². The zero-order valence-electron chi connectivity index (χ0n) is 13.7. The molecule has 23 heavy (non-hydrogen) atoms. The van der Waals surface area contributed by atoms with Gasteiger partial charge in [0.1, 0.15) is 6.04 Å². The molecular weight excluding hydrogens is 310 g/mol. The summed E-state index contributed by atoms with van der Waals surface area (Å²) in [5.41, 5.74) is 1.95. The molecule has 0 fully saturated rings. The Labute approximate surface area is 140 Å². The van der Waals surface area contributed by atoms with Crippen LogP contribution in [0, 0.1) is 12.8 Å². The zero-order valence-corrected chi connectivity index (χ0v) is 14.5. The Bertz CT molecular complexity index is 695. The first kappa shape index (κ1) is 17.1. The highest BCUT2D eigenvalue weighted by Crippen LogP contribution is 2.32. The summed E-state index contributed by atoms with van der Waals surface area (Å²) < 4.78 is 0. The SMILES string of the molecule is CC(=O)N[C@H](C(=O)Nc1nc(C)c(-c2ccccc2)s1)C(C)C. The molecule has 122 valence electrons. The fraction of sp³-hybridized carbons (Fsp3) is 0.353. The minimum Gasteiger partial charge on any atom is -0.344 e. The molecule has 0 unspecified atom stereocenters. The molecule has 2 aromatic rings. The number of carbonyl (C=O) groups is 2. The molecule has 0 spiro atoms. The standard InChI is InChI=1S/C17H21N3O2S/c1-10(2)14(19-12(4)21)16(22)20-17-18-11(3)15(23-17)13-8-6-5-7-9-13/h5-10,14H,1-4H3,(H,19,21)(H,18,20,22)/t14-/m0/s1. The Balaban J connectivity index is 2.17. The molecule has 1 heterocycles. The van der Waals surface area contributed by atoms with Crippen LogP contribution < -0.4 is 10.6 Å². The number of aryl methyl sites for hydroxylation is 1. The largest absolute Gasteiger partial charge is 0.344 e. The molecule has 0 saturated heterocycles. The van der Waals surface area contributed by atoms with Crippen LogP contribution in [-0.2, 0) is 9.59 Å². The monoisotopic (exact) mass is 331 g/mol. The van der Waals surface area contributed by atoms with Crippen LogP contribution in [0.5, 0.6) is 0 Å². The number of hydrogen-bond acceptors (Lipinski definition) is 4. The van der Waals surface area contributed by atoms with Gasteiger partial charge in [0.2, 0.25) is 11.8 Å². The van der Waals surface area contributed by atoms with Crippen molar-refractivity contribution in [3.05, 3.63) is 36.0 Å². The maximum Gasteiger partial charge on any atom is 0.248 e. The number of hydrogen-bond donors (Lipinski definition) is 2. The second-order valence-electron chi connectivity index (χ2n) is 5.71. The molecule has 6 heteroatoms. The molecule has 0 saturated carbocycles. The van der Waals surface area contributed by atoms with Crippen LogP contribution in [-0.4, -0.2) is 22.8 Å². The summed E-state index contributed by atoms with van der Waals surface area (Å²) in [6, 6.07) is 9.36. The van der Waals surface area contributed by atoms with Gasteiger partial charge in [0.25, 0.3) is 0 Å². The van der Waals surface area contributed by atoms with Crippen molar-refractivity contribution >= 4 is 28.3 Å². The quantitative estimate of drug-likeness (QED) is 0.884. The van der Waals surface area contributed by atoms with Crippen molar-refractivity contribution in [1.82, 2.24) is 10.3 Å². The Kier molecular flexibility index (Phi) is 5.50. The fourth-order valence-corrected chi connectivity index (χ4v) is 3.22. The Morgan fingerprint density at radius 2 is 1.83 bits per heavy atom. The predicted octanol–water partition coefficient (Wildman–Crippen LogP) is 3.22. The maximum atomic E-state index is 12.4. The molecule has 2 amide bonds. The molecule has 0 radical (unpaired) electrons. The number of aromatic nitrogens is 1. The average molecular weight is 331 g/mol. The molecule has 0 aliphatic carbocycles. The smallest absolute Gasteiger partial charge is 0.248 e. The second kappa shape index (κ2) is 7.37. The molecule has 1 aromatic carbocycles. The Hall–Kier alpha value is -2.21. The highest BCUT2D eigenvalue weighted by Gasteiger charge is 2.24. The number of amides is 2. The van der Waals surface area contributed by atoms with Gasteiger partial charge in [-0.05, 0) is 18.4 Å². The van der Waals surface area contributed by atoms with E-state index in [1.807, 2.05) is 51.1 Å². The minimum atomic E-state index is -0.572. The van der Waals surface area contributed by atoms with Crippen LogP contribution in [0.15, 0.2) is 30.3 Å². The van der Waals surface area contributed by atoms with Crippen molar-refractivity contribution in [2.45, 2.75) is 33.7 Å². The van der Waals surface area contributed by atoms with Crippen molar-refractivity contribution in [2.75, 3.05) is 5.32 Å². The van der Waals surface area contributed by atoms with Crippen molar-refractivity contribution < 1.29 is 9.59 Å². The van der Waals surface area contributed by atoms with Crippen LogP contribution >= 0.6 is 11.3 Å². The van der Waals surface area contributed by atoms with Crippen LogP contribution in [0.1, 0.15) is 26.5 Å². The van der Waals surface area contributed by atoms with E-state index in [-0.39, 0.29) is 17.7 Å². The van der Waals surface area contributed by atoms with E-state index in [1.54, 1.807) is 0 Å². The third-order valence-electron chi connectivity index (χ3n) is 3.37. The number of benzene rings is 1. The number of carbonyl (C=O) groups excluding carboxylic acids is 2. The van der Waals surface area contributed by atoms with Crippen LogP contribution in [0.3, 0.4) is 0 Å². The molecule has 1 atom stereocenters. The molecule has 2 rings (SSSR count). The zero-order chi connectivity index (χ0) is 17.0. The lowest BCUT2D eigenvalue weighted by molar-refractivity contribution is -0.126. The second-order valence-corrected chi connectivity index (χ2v) is 6.71.